The van der Waals surface area contributed by atoms with Crippen molar-refractivity contribution in [3.63, 3.8) is 0 Å². The molecule has 6 heteroatoms. The molecule has 1 aliphatic heterocycles. The van der Waals surface area contributed by atoms with Gasteiger partial charge >= 0.3 is 5.97 Å². The molecule has 0 saturated carbocycles. The number of allylic oxidation sites excluding steroid dienone is 2. The summed E-state index contributed by atoms with van der Waals surface area (Å²) in [5.74, 6) is -1.29. The zero-order valence-electron chi connectivity index (χ0n) is 12.7. The summed E-state index contributed by atoms with van der Waals surface area (Å²) in [6.45, 7) is 2.00. The Hall–Kier alpha value is -2.34. The van der Waals surface area contributed by atoms with E-state index in [0.717, 1.165) is 27.8 Å². The first kappa shape index (κ1) is 17.0. The summed E-state index contributed by atoms with van der Waals surface area (Å²) in [7, 11) is 0. The quantitative estimate of drug-likeness (QED) is 0.807. The number of amides is 2. The molecule has 0 radical (unpaired) electrons. The molecule has 0 aliphatic carbocycles. The summed E-state index contributed by atoms with van der Waals surface area (Å²) in [4.78, 5) is 36.1. The second kappa shape index (κ2) is 7.78. The van der Waals surface area contributed by atoms with Crippen molar-refractivity contribution in [2.45, 2.75) is 19.8 Å². The molecule has 0 atom stereocenters. The Balaban J connectivity index is 2.06. The van der Waals surface area contributed by atoms with Gasteiger partial charge in [0, 0.05) is 13.0 Å². The van der Waals surface area contributed by atoms with Crippen LogP contribution in [0.5, 0.6) is 0 Å². The Kier molecular flexibility index (Phi) is 5.76. The van der Waals surface area contributed by atoms with Crippen molar-refractivity contribution in [2.24, 2.45) is 0 Å². The van der Waals surface area contributed by atoms with Crippen molar-refractivity contribution >= 4 is 35.0 Å². The van der Waals surface area contributed by atoms with E-state index < -0.39 is 5.97 Å². The Morgan fingerprint density at radius 1 is 1.26 bits per heavy atom. The maximum atomic E-state index is 12.2. The molecule has 1 heterocycles. The maximum absolute atomic E-state index is 12.2. The highest BCUT2D eigenvalue weighted by molar-refractivity contribution is 8.18. The number of hydrogen-bond acceptors (Lipinski definition) is 4. The summed E-state index contributed by atoms with van der Waals surface area (Å²) in [5.41, 5.74) is 1.88. The fourth-order valence-corrected chi connectivity index (χ4v) is 3.06. The Labute approximate surface area is 138 Å². The number of carboxylic acid groups (broad SMARTS) is 1. The highest BCUT2D eigenvalue weighted by Crippen LogP contribution is 2.31. The lowest BCUT2D eigenvalue weighted by molar-refractivity contribution is -0.137. The molecule has 0 aromatic heterocycles. The van der Waals surface area contributed by atoms with Crippen LogP contribution < -0.4 is 0 Å². The number of carboxylic acids is 1. The second-order valence-corrected chi connectivity index (χ2v) is 6.12. The third kappa shape index (κ3) is 4.82. The number of imide groups is 1. The van der Waals surface area contributed by atoms with Crippen LogP contribution in [0.3, 0.4) is 0 Å². The van der Waals surface area contributed by atoms with Gasteiger partial charge in [0.1, 0.15) is 0 Å². The first-order chi connectivity index (χ1) is 11.0. The number of rotatable bonds is 6. The molecule has 0 unspecified atom stereocenters. The highest BCUT2D eigenvalue weighted by Gasteiger charge is 2.34. The third-order valence-electron chi connectivity index (χ3n) is 3.20. The molecule has 1 aromatic rings. The van der Waals surface area contributed by atoms with Crippen LogP contribution in [0, 0.1) is 0 Å². The predicted octanol–water partition coefficient (Wildman–Crippen LogP) is 3.53. The summed E-state index contributed by atoms with van der Waals surface area (Å²) in [5, 5.41) is 8.27. The smallest absolute Gasteiger partial charge is 0.303 e. The maximum Gasteiger partial charge on any atom is 0.303 e. The van der Waals surface area contributed by atoms with E-state index in [4.69, 9.17) is 5.11 Å². The molecule has 120 valence electrons. The van der Waals surface area contributed by atoms with Crippen molar-refractivity contribution in [3.8, 4) is 0 Å². The van der Waals surface area contributed by atoms with Gasteiger partial charge in [0.05, 0.1) is 4.91 Å². The number of carbonyl (C=O) groups excluding carboxylic acids is 2. The Bertz CT molecular complexity index is 679. The number of nitrogens with zero attached hydrogens (tertiary/aromatic N) is 1. The summed E-state index contributed by atoms with van der Waals surface area (Å²) >= 11 is 0.890. The number of benzene rings is 1. The van der Waals surface area contributed by atoms with E-state index in [-0.39, 0.29) is 30.5 Å². The van der Waals surface area contributed by atoms with E-state index in [1.807, 2.05) is 43.3 Å². The number of hydrogen-bond donors (Lipinski definition) is 1. The highest BCUT2D eigenvalue weighted by atomic mass is 32.2. The first-order valence-electron chi connectivity index (χ1n) is 7.18. The molecule has 1 aromatic carbocycles. The molecule has 1 fully saturated rings. The molecule has 2 amide bonds. The minimum atomic E-state index is -0.936. The van der Waals surface area contributed by atoms with Gasteiger partial charge in [-0.3, -0.25) is 19.3 Å². The monoisotopic (exact) mass is 331 g/mol. The average molecular weight is 331 g/mol. The Morgan fingerprint density at radius 3 is 2.61 bits per heavy atom. The van der Waals surface area contributed by atoms with Gasteiger partial charge in [-0.25, -0.2) is 0 Å². The largest absolute Gasteiger partial charge is 0.481 e. The van der Waals surface area contributed by atoms with E-state index in [0.29, 0.717) is 4.91 Å². The van der Waals surface area contributed by atoms with E-state index in [1.165, 1.54) is 0 Å². The summed E-state index contributed by atoms with van der Waals surface area (Å²) < 4.78 is 0. The normalized spacial score (nSPS) is 17.2. The van der Waals surface area contributed by atoms with Gasteiger partial charge in [-0.15, -0.1) is 0 Å². The number of carbonyl (C=O) groups is 3. The standard InChI is InChI=1S/C17H17NO4S/c1-12(10-13-6-3-2-4-7-13)11-14-16(21)18(17(22)23-14)9-5-8-15(19)20/h2-4,6-7,10-11H,5,8-9H2,1H3,(H,19,20)/b12-10-,14-11+. The average Bonchev–Trinajstić information content (AvgIpc) is 2.75. The van der Waals surface area contributed by atoms with Crippen LogP contribution >= 0.6 is 11.8 Å². The lowest BCUT2D eigenvalue weighted by Crippen LogP contribution is -2.29. The van der Waals surface area contributed by atoms with Gasteiger partial charge in [-0.2, -0.15) is 0 Å². The fraction of sp³-hybridized carbons (Fsp3) is 0.235. The molecule has 1 N–H and O–H groups in total. The lowest BCUT2D eigenvalue weighted by atomic mass is 10.1. The molecule has 1 aliphatic rings. The molecule has 2 rings (SSSR count). The predicted molar refractivity (Wildman–Crippen MR) is 89.7 cm³/mol. The van der Waals surface area contributed by atoms with Crippen molar-refractivity contribution in [3.05, 3.63) is 52.4 Å². The van der Waals surface area contributed by atoms with Crippen molar-refractivity contribution < 1.29 is 19.5 Å². The van der Waals surface area contributed by atoms with Gasteiger partial charge in [0.2, 0.25) is 0 Å². The van der Waals surface area contributed by atoms with Crippen LogP contribution in [0.1, 0.15) is 25.3 Å². The van der Waals surface area contributed by atoms with Crippen molar-refractivity contribution in [2.75, 3.05) is 6.54 Å². The molecular formula is C17H17NO4S. The minimum Gasteiger partial charge on any atom is -0.481 e. The van der Waals surface area contributed by atoms with Crippen LogP contribution in [-0.2, 0) is 9.59 Å². The van der Waals surface area contributed by atoms with Gasteiger partial charge in [0.15, 0.2) is 0 Å². The zero-order valence-corrected chi connectivity index (χ0v) is 13.5. The minimum absolute atomic E-state index is 0.0618. The number of thioether (sulfide) groups is 1. The van der Waals surface area contributed by atoms with Crippen molar-refractivity contribution in [1.29, 1.82) is 0 Å². The van der Waals surface area contributed by atoms with E-state index in [1.54, 1.807) is 6.08 Å². The number of aliphatic carboxylic acids is 1. The van der Waals surface area contributed by atoms with E-state index in [2.05, 4.69) is 0 Å². The van der Waals surface area contributed by atoms with E-state index in [9.17, 15) is 14.4 Å². The first-order valence-corrected chi connectivity index (χ1v) is 7.99. The summed E-state index contributed by atoms with van der Waals surface area (Å²) in [6, 6.07) is 9.68. The van der Waals surface area contributed by atoms with Gasteiger partial charge in [-0.1, -0.05) is 36.4 Å². The van der Waals surface area contributed by atoms with Gasteiger partial charge < -0.3 is 5.11 Å². The molecular weight excluding hydrogens is 314 g/mol. The van der Waals surface area contributed by atoms with Gasteiger partial charge in [0.25, 0.3) is 11.1 Å². The lowest BCUT2D eigenvalue weighted by Gasteiger charge is -2.10. The van der Waals surface area contributed by atoms with Crippen LogP contribution in [0.15, 0.2) is 46.9 Å². The molecule has 5 nitrogen and oxygen atoms in total. The van der Waals surface area contributed by atoms with Crippen LogP contribution in [0.2, 0.25) is 0 Å². The van der Waals surface area contributed by atoms with Gasteiger partial charge in [-0.05, 0) is 42.3 Å². The van der Waals surface area contributed by atoms with Crippen LogP contribution in [0.4, 0.5) is 4.79 Å². The Morgan fingerprint density at radius 2 is 1.96 bits per heavy atom. The topological polar surface area (TPSA) is 74.7 Å². The van der Waals surface area contributed by atoms with E-state index >= 15 is 0 Å². The SMILES string of the molecule is CC(=C/c1ccccc1)/C=C1/SC(=O)N(CCCC(=O)O)C1=O. The molecule has 23 heavy (non-hydrogen) atoms. The fourth-order valence-electron chi connectivity index (χ4n) is 2.14. The molecule has 0 spiro atoms. The second-order valence-electron chi connectivity index (χ2n) is 5.13. The molecule has 0 bridgehead atoms. The van der Waals surface area contributed by atoms with Crippen LogP contribution in [-0.4, -0.2) is 33.7 Å². The van der Waals surface area contributed by atoms with Crippen molar-refractivity contribution in [1.82, 2.24) is 4.90 Å². The van der Waals surface area contributed by atoms with Crippen LogP contribution in [0.25, 0.3) is 6.08 Å². The third-order valence-corrected chi connectivity index (χ3v) is 4.11. The summed E-state index contributed by atoms with van der Waals surface area (Å²) in [6.07, 6.45) is 3.82. The molecule has 1 saturated heterocycles. The zero-order chi connectivity index (χ0) is 16.8.